The number of nitrogens with one attached hydrogen (secondary N) is 1. The predicted molar refractivity (Wildman–Crippen MR) is 116 cm³/mol. The van der Waals surface area contributed by atoms with Gasteiger partial charge in [0.05, 0.1) is 12.7 Å². The van der Waals surface area contributed by atoms with Gasteiger partial charge in [-0.1, -0.05) is 58.4 Å². The third-order valence-electron chi connectivity index (χ3n) is 4.65. The van der Waals surface area contributed by atoms with Crippen LogP contribution in [0.4, 0.5) is 4.79 Å². The number of esters is 1. The topological polar surface area (TPSA) is 73.9 Å². The first-order chi connectivity index (χ1) is 14.2. The van der Waals surface area contributed by atoms with E-state index in [1.807, 2.05) is 54.6 Å². The maximum atomic E-state index is 13.0. The van der Waals surface area contributed by atoms with Gasteiger partial charge in [-0.25, -0.2) is 9.59 Å². The molecule has 3 rings (SSSR count). The molecule has 1 aliphatic heterocycles. The van der Waals surface area contributed by atoms with Crippen LogP contribution in [0.25, 0.3) is 0 Å². The minimum absolute atomic E-state index is 0.00306. The van der Waals surface area contributed by atoms with Crippen molar-refractivity contribution in [1.82, 2.24) is 5.32 Å². The Morgan fingerprint density at radius 1 is 1.13 bits per heavy atom. The van der Waals surface area contributed by atoms with Gasteiger partial charge in [0.1, 0.15) is 12.2 Å². The summed E-state index contributed by atoms with van der Waals surface area (Å²) in [5.74, 6) is -0.536. The van der Waals surface area contributed by atoms with Gasteiger partial charge in [-0.2, -0.15) is 0 Å². The number of ether oxygens (including phenoxy) is 3. The second kappa shape index (κ2) is 9.18. The molecule has 0 spiro atoms. The van der Waals surface area contributed by atoms with Crippen LogP contribution in [0, 0.1) is 0 Å². The molecule has 1 aliphatic rings. The van der Waals surface area contributed by atoms with Crippen LogP contribution in [0.1, 0.15) is 44.4 Å². The number of rotatable bonds is 5. The highest BCUT2D eigenvalue weighted by Crippen LogP contribution is 2.37. The van der Waals surface area contributed by atoms with Crippen LogP contribution >= 0.6 is 15.9 Å². The maximum absolute atomic E-state index is 13.0. The number of carbonyl (C=O) groups excluding carboxylic acids is 2. The second-order valence-corrected chi connectivity index (χ2v) is 9.24. The Balaban J connectivity index is 1.74. The Kier molecular flexibility index (Phi) is 6.83. The van der Waals surface area contributed by atoms with Crippen LogP contribution in [-0.4, -0.2) is 29.8 Å². The Hall–Kier alpha value is -2.38. The van der Waals surface area contributed by atoms with Gasteiger partial charge in [0.2, 0.25) is 0 Å². The maximum Gasteiger partial charge on any atom is 0.408 e. The molecule has 0 saturated carbocycles. The number of benzene rings is 2. The summed E-state index contributed by atoms with van der Waals surface area (Å²) in [5, 5.41) is 2.73. The van der Waals surface area contributed by atoms with E-state index in [4.69, 9.17) is 14.2 Å². The summed E-state index contributed by atoms with van der Waals surface area (Å²) < 4.78 is 17.8. The summed E-state index contributed by atoms with van der Waals surface area (Å²) in [7, 11) is 0. The molecule has 0 aliphatic carbocycles. The molecule has 1 N–H and O–H groups in total. The first kappa shape index (κ1) is 22.3. The van der Waals surface area contributed by atoms with Gasteiger partial charge < -0.3 is 19.5 Å². The summed E-state index contributed by atoms with van der Waals surface area (Å²) in [6.07, 6.45) is -0.783. The molecule has 0 aromatic heterocycles. The minimum atomic E-state index is -1.32. The zero-order valence-corrected chi connectivity index (χ0v) is 18.9. The van der Waals surface area contributed by atoms with Crippen LogP contribution in [0.2, 0.25) is 0 Å². The molecule has 1 amide bonds. The fourth-order valence-electron chi connectivity index (χ4n) is 3.18. The average Bonchev–Trinajstić information content (AvgIpc) is 3.12. The second-order valence-electron chi connectivity index (χ2n) is 8.33. The molecule has 30 heavy (non-hydrogen) atoms. The normalized spacial score (nSPS) is 21.1. The molecule has 1 heterocycles. The number of halogens is 1. The van der Waals surface area contributed by atoms with Crippen molar-refractivity contribution in [2.24, 2.45) is 0 Å². The molecule has 7 heteroatoms. The standard InChI is InChI=1S/C23H26BrNO5/c1-22(2,3)30-20(26)23(25-21(27)28-14-16-7-5-4-6-8-16)13-19(29-15-23)17-9-11-18(24)12-10-17/h4-12,19H,13-15H2,1-3H3,(H,25,27)/t19-,23-/m0/s1. The Bertz CT molecular complexity index is 879. The van der Waals surface area contributed by atoms with Crippen molar-refractivity contribution >= 4 is 28.0 Å². The fraction of sp³-hybridized carbons (Fsp3) is 0.391. The van der Waals surface area contributed by atoms with Crippen molar-refractivity contribution in [1.29, 1.82) is 0 Å². The Morgan fingerprint density at radius 2 is 1.80 bits per heavy atom. The van der Waals surface area contributed by atoms with Crippen molar-refractivity contribution < 1.29 is 23.8 Å². The van der Waals surface area contributed by atoms with E-state index in [1.165, 1.54) is 0 Å². The van der Waals surface area contributed by atoms with Crippen molar-refractivity contribution in [2.45, 2.75) is 51.0 Å². The van der Waals surface area contributed by atoms with Gasteiger partial charge in [0.25, 0.3) is 0 Å². The van der Waals surface area contributed by atoms with Crippen molar-refractivity contribution in [3.8, 4) is 0 Å². The first-order valence-electron chi connectivity index (χ1n) is 9.76. The zero-order valence-electron chi connectivity index (χ0n) is 17.3. The third-order valence-corrected chi connectivity index (χ3v) is 5.18. The van der Waals surface area contributed by atoms with Crippen LogP contribution in [0.5, 0.6) is 0 Å². The van der Waals surface area contributed by atoms with Crippen molar-refractivity contribution in [2.75, 3.05) is 6.61 Å². The molecule has 1 saturated heterocycles. The largest absolute Gasteiger partial charge is 0.458 e. The number of alkyl carbamates (subject to hydrolysis) is 1. The molecule has 0 bridgehead atoms. The zero-order chi connectivity index (χ0) is 21.8. The lowest BCUT2D eigenvalue weighted by molar-refractivity contribution is -0.163. The van der Waals surface area contributed by atoms with Gasteiger partial charge >= 0.3 is 12.1 Å². The third kappa shape index (κ3) is 5.83. The van der Waals surface area contributed by atoms with E-state index in [1.54, 1.807) is 20.8 Å². The van der Waals surface area contributed by atoms with Gasteiger partial charge in [-0.15, -0.1) is 0 Å². The lowest BCUT2D eigenvalue weighted by Crippen LogP contribution is -2.57. The SMILES string of the molecule is CC(C)(C)OC(=O)[C@@]1(NC(=O)OCc2ccccc2)CO[C@H](c2ccc(Br)cc2)C1. The van der Waals surface area contributed by atoms with Gasteiger partial charge in [-0.05, 0) is 44.0 Å². The molecule has 0 radical (unpaired) electrons. The molecule has 1 fully saturated rings. The van der Waals surface area contributed by atoms with Crippen LogP contribution in [0.15, 0.2) is 59.1 Å². The smallest absolute Gasteiger partial charge is 0.408 e. The average molecular weight is 476 g/mol. The molecule has 2 atom stereocenters. The van der Waals surface area contributed by atoms with E-state index in [0.29, 0.717) is 0 Å². The monoisotopic (exact) mass is 475 g/mol. The molecule has 6 nitrogen and oxygen atoms in total. The highest BCUT2D eigenvalue weighted by Gasteiger charge is 2.50. The van der Waals surface area contributed by atoms with E-state index in [-0.39, 0.29) is 25.7 Å². The van der Waals surface area contributed by atoms with Crippen LogP contribution in [0.3, 0.4) is 0 Å². The van der Waals surface area contributed by atoms with E-state index in [2.05, 4.69) is 21.2 Å². The fourth-order valence-corrected chi connectivity index (χ4v) is 3.44. The summed E-state index contributed by atoms with van der Waals surface area (Å²) in [6.45, 7) is 5.47. The number of amides is 1. The van der Waals surface area contributed by atoms with E-state index in [9.17, 15) is 9.59 Å². The summed E-state index contributed by atoms with van der Waals surface area (Å²) >= 11 is 3.41. The highest BCUT2D eigenvalue weighted by atomic mass is 79.9. The van der Waals surface area contributed by atoms with Crippen molar-refractivity contribution in [3.05, 3.63) is 70.2 Å². The Labute approximate surface area is 185 Å². The molecule has 2 aromatic rings. The van der Waals surface area contributed by atoms with E-state index >= 15 is 0 Å². The summed E-state index contributed by atoms with van der Waals surface area (Å²) in [5.41, 5.74) is -0.244. The highest BCUT2D eigenvalue weighted by molar-refractivity contribution is 9.10. The molecule has 0 unspecified atom stereocenters. The van der Waals surface area contributed by atoms with E-state index < -0.39 is 23.2 Å². The van der Waals surface area contributed by atoms with E-state index in [0.717, 1.165) is 15.6 Å². The van der Waals surface area contributed by atoms with Crippen LogP contribution in [-0.2, 0) is 25.6 Å². The Morgan fingerprint density at radius 3 is 2.43 bits per heavy atom. The quantitative estimate of drug-likeness (QED) is 0.621. The number of hydrogen-bond donors (Lipinski definition) is 1. The summed E-state index contributed by atoms with van der Waals surface area (Å²) in [6, 6.07) is 17.0. The first-order valence-corrected chi connectivity index (χ1v) is 10.6. The number of hydrogen-bond acceptors (Lipinski definition) is 5. The minimum Gasteiger partial charge on any atom is -0.458 e. The van der Waals surface area contributed by atoms with Crippen molar-refractivity contribution in [3.63, 3.8) is 0 Å². The predicted octanol–water partition coefficient (Wildman–Crippen LogP) is 4.92. The lowest BCUT2D eigenvalue weighted by atomic mass is 9.93. The van der Waals surface area contributed by atoms with Gasteiger partial charge in [0.15, 0.2) is 5.54 Å². The molecular weight excluding hydrogens is 450 g/mol. The molecule has 2 aromatic carbocycles. The molecular formula is C23H26BrNO5. The van der Waals surface area contributed by atoms with Crippen LogP contribution < -0.4 is 5.32 Å². The van der Waals surface area contributed by atoms with Gasteiger partial charge in [-0.3, -0.25) is 0 Å². The molecule has 160 valence electrons. The number of carbonyl (C=O) groups is 2. The van der Waals surface area contributed by atoms with Gasteiger partial charge in [0, 0.05) is 10.9 Å². The lowest BCUT2D eigenvalue weighted by Gasteiger charge is -2.30. The summed E-state index contributed by atoms with van der Waals surface area (Å²) in [4.78, 5) is 25.6.